The second kappa shape index (κ2) is 5.85. The minimum absolute atomic E-state index is 0.0318. The van der Waals surface area contributed by atoms with Crippen molar-refractivity contribution in [3.8, 4) is 0 Å². The number of benzene rings is 1. The Balaban J connectivity index is 2.06. The molecule has 3 nitrogen and oxygen atoms in total. The van der Waals surface area contributed by atoms with Crippen molar-refractivity contribution in [1.82, 2.24) is 9.97 Å². The number of halogens is 5. The van der Waals surface area contributed by atoms with E-state index >= 15 is 0 Å². The molecular formula is C12H8Cl2F3N3. The van der Waals surface area contributed by atoms with Crippen molar-refractivity contribution in [2.75, 3.05) is 5.32 Å². The Morgan fingerprint density at radius 2 is 1.75 bits per heavy atom. The van der Waals surface area contributed by atoms with Crippen LogP contribution in [0.4, 0.5) is 19.0 Å². The molecule has 1 heterocycles. The third-order valence-electron chi connectivity index (χ3n) is 2.46. The first kappa shape index (κ1) is 14.9. The molecule has 2 rings (SSSR count). The van der Waals surface area contributed by atoms with E-state index in [1.165, 1.54) is 18.3 Å². The van der Waals surface area contributed by atoms with E-state index in [9.17, 15) is 13.2 Å². The molecule has 0 atom stereocenters. The Bertz CT molecular complexity index is 600. The maximum absolute atomic E-state index is 12.4. The number of hydrogen-bond acceptors (Lipinski definition) is 3. The Morgan fingerprint density at radius 1 is 1.10 bits per heavy atom. The van der Waals surface area contributed by atoms with Crippen molar-refractivity contribution in [2.45, 2.75) is 12.7 Å². The molecule has 1 aromatic heterocycles. The van der Waals surface area contributed by atoms with Crippen LogP contribution in [0.3, 0.4) is 0 Å². The summed E-state index contributed by atoms with van der Waals surface area (Å²) in [5, 5.41) is 3.19. The Morgan fingerprint density at radius 3 is 2.35 bits per heavy atom. The van der Waals surface area contributed by atoms with Crippen LogP contribution in [0.1, 0.15) is 11.1 Å². The van der Waals surface area contributed by atoms with Crippen LogP contribution in [-0.2, 0) is 12.7 Å². The smallest absolute Gasteiger partial charge is 0.365 e. The van der Waals surface area contributed by atoms with Gasteiger partial charge in [0.25, 0.3) is 0 Å². The summed E-state index contributed by atoms with van der Waals surface area (Å²) in [4.78, 5) is 7.57. The zero-order chi connectivity index (χ0) is 14.8. The van der Waals surface area contributed by atoms with Crippen molar-refractivity contribution in [3.63, 3.8) is 0 Å². The highest BCUT2D eigenvalue weighted by Crippen LogP contribution is 2.29. The predicted octanol–water partition coefficient (Wildman–Crippen LogP) is 4.41. The molecule has 1 N–H and O–H groups in total. The van der Waals surface area contributed by atoms with Crippen LogP contribution in [0.25, 0.3) is 0 Å². The number of anilines is 1. The lowest BCUT2D eigenvalue weighted by molar-refractivity contribution is -0.137. The molecule has 0 bridgehead atoms. The monoisotopic (exact) mass is 321 g/mol. The molecule has 8 heteroatoms. The fraction of sp³-hybridized carbons (Fsp3) is 0.167. The first-order valence-corrected chi connectivity index (χ1v) is 6.20. The van der Waals surface area contributed by atoms with E-state index in [1.54, 1.807) is 0 Å². The maximum Gasteiger partial charge on any atom is 0.416 e. The number of nitrogens with zero attached hydrogens (tertiary/aromatic N) is 2. The topological polar surface area (TPSA) is 37.8 Å². The largest absolute Gasteiger partial charge is 0.416 e. The normalized spacial score (nSPS) is 11.4. The van der Waals surface area contributed by atoms with Gasteiger partial charge < -0.3 is 5.32 Å². The minimum atomic E-state index is -4.34. The van der Waals surface area contributed by atoms with E-state index < -0.39 is 11.7 Å². The lowest BCUT2D eigenvalue weighted by Gasteiger charge is -2.09. The van der Waals surface area contributed by atoms with Crippen LogP contribution >= 0.6 is 23.2 Å². The SMILES string of the molecule is FC(F)(F)c1ccc(CNc2nc(Cl)ncc2Cl)cc1. The molecule has 2 aromatic rings. The summed E-state index contributed by atoms with van der Waals surface area (Å²) in [5.41, 5.74) is -0.0341. The van der Waals surface area contributed by atoms with E-state index in [2.05, 4.69) is 15.3 Å². The van der Waals surface area contributed by atoms with Crippen molar-refractivity contribution in [2.24, 2.45) is 0 Å². The standard InChI is InChI=1S/C12H8Cl2F3N3/c13-9-6-19-11(14)20-10(9)18-5-7-1-3-8(4-2-7)12(15,16)17/h1-4,6H,5H2,(H,18,19,20). The highest BCUT2D eigenvalue weighted by atomic mass is 35.5. The molecule has 0 saturated carbocycles. The van der Waals surface area contributed by atoms with Crippen LogP contribution in [-0.4, -0.2) is 9.97 Å². The summed E-state index contributed by atoms with van der Waals surface area (Å²) in [6.07, 6.45) is -3.00. The number of rotatable bonds is 3. The molecule has 0 spiro atoms. The molecule has 0 saturated heterocycles. The molecule has 0 amide bonds. The van der Waals surface area contributed by atoms with Gasteiger partial charge in [-0.1, -0.05) is 23.7 Å². The average molecular weight is 322 g/mol. The molecule has 0 unspecified atom stereocenters. The molecule has 0 aliphatic carbocycles. The Kier molecular flexibility index (Phi) is 4.35. The van der Waals surface area contributed by atoms with Crippen molar-refractivity contribution < 1.29 is 13.2 Å². The van der Waals surface area contributed by atoms with E-state index in [4.69, 9.17) is 23.2 Å². The van der Waals surface area contributed by atoms with Crippen LogP contribution in [0.15, 0.2) is 30.5 Å². The van der Waals surface area contributed by atoms with Gasteiger partial charge >= 0.3 is 6.18 Å². The predicted molar refractivity (Wildman–Crippen MR) is 70.8 cm³/mol. The zero-order valence-electron chi connectivity index (χ0n) is 9.88. The van der Waals surface area contributed by atoms with Crippen LogP contribution in [0.5, 0.6) is 0 Å². The molecular weight excluding hydrogens is 314 g/mol. The summed E-state index contributed by atoms with van der Waals surface area (Å²) >= 11 is 11.5. The van der Waals surface area contributed by atoms with E-state index in [-0.39, 0.29) is 16.9 Å². The summed E-state index contributed by atoms with van der Waals surface area (Å²) in [5.74, 6) is 0.326. The first-order chi connectivity index (χ1) is 9.36. The third-order valence-corrected chi connectivity index (χ3v) is 2.91. The first-order valence-electron chi connectivity index (χ1n) is 5.44. The number of aromatic nitrogens is 2. The van der Waals surface area contributed by atoms with Crippen LogP contribution in [0.2, 0.25) is 10.3 Å². The fourth-order valence-electron chi connectivity index (χ4n) is 1.47. The number of alkyl halides is 3. The molecule has 0 fully saturated rings. The molecule has 0 radical (unpaired) electrons. The van der Waals surface area contributed by atoms with Gasteiger partial charge in [0.05, 0.1) is 11.8 Å². The summed E-state index contributed by atoms with van der Waals surface area (Å²) < 4.78 is 37.2. The zero-order valence-corrected chi connectivity index (χ0v) is 11.4. The molecule has 20 heavy (non-hydrogen) atoms. The summed E-state index contributed by atoms with van der Waals surface area (Å²) in [7, 11) is 0. The van der Waals surface area contributed by atoms with Gasteiger partial charge in [-0.3, -0.25) is 0 Å². The van der Waals surface area contributed by atoms with Crippen molar-refractivity contribution in [1.29, 1.82) is 0 Å². The highest BCUT2D eigenvalue weighted by molar-refractivity contribution is 6.33. The van der Waals surface area contributed by atoms with Gasteiger partial charge in [0.15, 0.2) is 0 Å². The average Bonchev–Trinajstić information content (AvgIpc) is 2.39. The molecule has 0 aliphatic rings. The second-order valence-corrected chi connectivity index (χ2v) is 4.63. The lowest BCUT2D eigenvalue weighted by Crippen LogP contribution is -2.06. The van der Waals surface area contributed by atoms with Gasteiger partial charge in [-0.25, -0.2) is 4.98 Å². The van der Waals surface area contributed by atoms with Gasteiger partial charge in [0.1, 0.15) is 10.8 Å². The van der Waals surface area contributed by atoms with Crippen LogP contribution < -0.4 is 5.32 Å². The van der Waals surface area contributed by atoms with E-state index in [1.807, 2.05) is 0 Å². The highest BCUT2D eigenvalue weighted by Gasteiger charge is 2.29. The summed E-state index contributed by atoms with van der Waals surface area (Å²) in [6, 6.07) is 4.80. The third kappa shape index (κ3) is 3.74. The lowest BCUT2D eigenvalue weighted by atomic mass is 10.1. The quantitative estimate of drug-likeness (QED) is 0.851. The van der Waals surface area contributed by atoms with E-state index in [0.29, 0.717) is 11.4 Å². The van der Waals surface area contributed by atoms with Crippen molar-refractivity contribution >= 4 is 29.0 Å². The van der Waals surface area contributed by atoms with Gasteiger partial charge in [0, 0.05) is 6.54 Å². The molecule has 0 aliphatic heterocycles. The number of nitrogens with one attached hydrogen (secondary N) is 1. The van der Waals surface area contributed by atoms with Crippen LogP contribution in [0, 0.1) is 0 Å². The Hall–Kier alpha value is -1.53. The van der Waals surface area contributed by atoms with E-state index in [0.717, 1.165) is 12.1 Å². The summed E-state index contributed by atoms with van der Waals surface area (Å²) in [6.45, 7) is 0.269. The maximum atomic E-state index is 12.4. The number of hydrogen-bond donors (Lipinski definition) is 1. The van der Waals surface area contributed by atoms with Gasteiger partial charge in [-0.05, 0) is 29.3 Å². The van der Waals surface area contributed by atoms with Gasteiger partial charge in [0.2, 0.25) is 5.28 Å². The fourth-order valence-corrected chi connectivity index (χ4v) is 1.76. The van der Waals surface area contributed by atoms with Gasteiger partial charge in [-0.15, -0.1) is 0 Å². The second-order valence-electron chi connectivity index (χ2n) is 3.88. The van der Waals surface area contributed by atoms with Crippen molar-refractivity contribution in [3.05, 3.63) is 51.9 Å². The molecule has 106 valence electrons. The van der Waals surface area contributed by atoms with Gasteiger partial charge in [-0.2, -0.15) is 18.2 Å². The molecule has 1 aromatic carbocycles. The minimum Gasteiger partial charge on any atom is -0.365 e. The Labute approximate surface area is 122 Å².